The Hall–Kier alpha value is -1.75. The minimum absolute atomic E-state index is 0.0183. The Labute approximate surface area is 105 Å². The van der Waals surface area contributed by atoms with E-state index in [4.69, 9.17) is 4.52 Å². The summed E-state index contributed by atoms with van der Waals surface area (Å²) >= 11 is 0. The van der Waals surface area contributed by atoms with Gasteiger partial charge in [0.2, 0.25) is 11.7 Å². The Bertz CT molecular complexity index is 553. The standard InChI is InChI=1S/C13H15N3O2/c1-8-4-3-7-14-11(8)12-15-13(18-16-12)9-5-2-6-10(9)17/h3-4,7,9-10,17H,2,5-6H2,1H3. The highest BCUT2D eigenvalue weighted by atomic mass is 16.5. The topological polar surface area (TPSA) is 72.0 Å². The molecule has 18 heavy (non-hydrogen) atoms. The van der Waals surface area contributed by atoms with Crippen LogP contribution in [0.2, 0.25) is 0 Å². The lowest BCUT2D eigenvalue weighted by molar-refractivity contribution is 0.148. The molecule has 0 bridgehead atoms. The summed E-state index contributed by atoms with van der Waals surface area (Å²) in [7, 11) is 0. The van der Waals surface area contributed by atoms with E-state index in [1.165, 1.54) is 0 Å². The Balaban J connectivity index is 1.92. The number of aryl methyl sites for hydroxylation is 1. The van der Waals surface area contributed by atoms with E-state index in [2.05, 4.69) is 15.1 Å². The molecular weight excluding hydrogens is 230 g/mol. The lowest BCUT2D eigenvalue weighted by Gasteiger charge is -2.07. The first-order valence-corrected chi connectivity index (χ1v) is 6.19. The van der Waals surface area contributed by atoms with Crippen LogP contribution in [0.3, 0.4) is 0 Å². The van der Waals surface area contributed by atoms with Crippen LogP contribution in [0, 0.1) is 6.92 Å². The first-order chi connectivity index (χ1) is 8.75. The molecule has 0 saturated heterocycles. The summed E-state index contributed by atoms with van der Waals surface area (Å²) in [6, 6.07) is 3.84. The molecule has 0 radical (unpaired) electrons. The van der Waals surface area contributed by atoms with E-state index in [-0.39, 0.29) is 12.0 Å². The summed E-state index contributed by atoms with van der Waals surface area (Å²) in [5, 5.41) is 13.8. The van der Waals surface area contributed by atoms with Crippen molar-refractivity contribution in [3.63, 3.8) is 0 Å². The zero-order chi connectivity index (χ0) is 12.5. The predicted molar refractivity (Wildman–Crippen MR) is 64.9 cm³/mol. The zero-order valence-electron chi connectivity index (χ0n) is 10.2. The summed E-state index contributed by atoms with van der Waals surface area (Å²) in [6.45, 7) is 1.96. The molecule has 1 fully saturated rings. The average molecular weight is 245 g/mol. The van der Waals surface area contributed by atoms with Crippen LogP contribution in [0.5, 0.6) is 0 Å². The van der Waals surface area contributed by atoms with E-state index in [9.17, 15) is 5.11 Å². The van der Waals surface area contributed by atoms with Gasteiger partial charge in [-0.1, -0.05) is 11.2 Å². The summed E-state index contributed by atoms with van der Waals surface area (Å²) in [5.41, 5.74) is 1.75. The van der Waals surface area contributed by atoms with Gasteiger partial charge in [-0.15, -0.1) is 0 Å². The van der Waals surface area contributed by atoms with Crippen LogP contribution in [0.1, 0.15) is 36.6 Å². The van der Waals surface area contributed by atoms with Crippen LogP contribution in [-0.2, 0) is 0 Å². The number of aliphatic hydroxyl groups excluding tert-OH is 1. The first kappa shape index (κ1) is 11.3. The maximum absolute atomic E-state index is 9.83. The lowest BCUT2D eigenvalue weighted by atomic mass is 10.1. The number of aromatic nitrogens is 3. The van der Waals surface area contributed by atoms with E-state index < -0.39 is 0 Å². The Morgan fingerprint density at radius 2 is 2.28 bits per heavy atom. The molecule has 2 atom stereocenters. The van der Waals surface area contributed by atoms with Crippen molar-refractivity contribution in [2.45, 2.75) is 38.2 Å². The minimum atomic E-state index is -0.358. The Kier molecular flexibility index (Phi) is 2.83. The van der Waals surface area contributed by atoms with Crippen molar-refractivity contribution in [2.24, 2.45) is 0 Å². The second-order valence-corrected chi connectivity index (χ2v) is 4.73. The van der Waals surface area contributed by atoms with Crippen LogP contribution in [-0.4, -0.2) is 26.3 Å². The van der Waals surface area contributed by atoms with Crippen molar-refractivity contribution in [1.82, 2.24) is 15.1 Å². The predicted octanol–water partition coefficient (Wildman–Crippen LogP) is 2.07. The Morgan fingerprint density at radius 1 is 1.39 bits per heavy atom. The number of nitrogens with zero attached hydrogens (tertiary/aromatic N) is 3. The van der Waals surface area contributed by atoms with Gasteiger partial charge in [-0.3, -0.25) is 4.98 Å². The van der Waals surface area contributed by atoms with Gasteiger partial charge in [0, 0.05) is 6.20 Å². The second-order valence-electron chi connectivity index (χ2n) is 4.73. The van der Waals surface area contributed by atoms with Crippen LogP contribution >= 0.6 is 0 Å². The molecule has 5 nitrogen and oxygen atoms in total. The molecule has 1 aliphatic rings. The number of pyridine rings is 1. The lowest BCUT2D eigenvalue weighted by Crippen LogP contribution is -2.11. The smallest absolute Gasteiger partial charge is 0.232 e. The highest BCUT2D eigenvalue weighted by molar-refractivity contribution is 5.53. The maximum Gasteiger partial charge on any atom is 0.232 e. The highest BCUT2D eigenvalue weighted by Crippen LogP contribution is 2.34. The number of rotatable bonds is 2. The third-order valence-corrected chi connectivity index (χ3v) is 3.46. The van der Waals surface area contributed by atoms with Crippen LogP contribution in [0.15, 0.2) is 22.9 Å². The molecule has 2 aromatic rings. The Morgan fingerprint density at radius 3 is 3.00 bits per heavy atom. The molecule has 1 N–H and O–H groups in total. The zero-order valence-corrected chi connectivity index (χ0v) is 10.2. The van der Waals surface area contributed by atoms with Crippen LogP contribution in [0.4, 0.5) is 0 Å². The first-order valence-electron chi connectivity index (χ1n) is 6.19. The van der Waals surface area contributed by atoms with Crippen molar-refractivity contribution < 1.29 is 9.63 Å². The molecule has 1 saturated carbocycles. The molecule has 94 valence electrons. The average Bonchev–Trinajstić information content (AvgIpc) is 2.98. The fraction of sp³-hybridized carbons (Fsp3) is 0.462. The molecule has 0 aromatic carbocycles. The van der Waals surface area contributed by atoms with Gasteiger partial charge in [0.15, 0.2) is 0 Å². The second kappa shape index (κ2) is 4.49. The number of hydrogen-bond donors (Lipinski definition) is 1. The summed E-state index contributed by atoms with van der Waals surface area (Å²) in [6.07, 6.45) is 4.08. The van der Waals surface area contributed by atoms with Crippen molar-refractivity contribution in [3.05, 3.63) is 29.8 Å². The van der Waals surface area contributed by atoms with Crippen LogP contribution < -0.4 is 0 Å². The van der Waals surface area contributed by atoms with Gasteiger partial charge >= 0.3 is 0 Å². The van der Waals surface area contributed by atoms with Crippen LogP contribution in [0.25, 0.3) is 11.5 Å². The van der Waals surface area contributed by atoms with E-state index in [0.29, 0.717) is 11.7 Å². The third kappa shape index (κ3) is 1.90. The van der Waals surface area contributed by atoms with Gasteiger partial charge in [-0.05, 0) is 37.8 Å². The van der Waals surface area contributed by atoms with E-state index in [1.54, 1.807) is 6.20 Å². The summed E-state index contributed by atoms with van der Waals surface area (Å²) in [5.74, 6) is 1.01. The van der Waals surface area contributed by atoms with Gasteiger partial charge in [0.25, 0.3) is 0 Å². The molecule has 0 aliphatic heterocycles. The molecule has 0 amide bonds. The van der Waals surface area contributed by atoms with Gasteiger partial charge in [0.1, 0.15) is 5.69 Å². The van der Waals surface area contributed by atoms with Crippen molar-refractivity contribution in [3.8, 4) is 11.5 Å². The molecule has 2 aromatic heterocycles. The van der Waals surface area contributed by atoms with E-state index in [0.717, 1.165) is 30.5 Å². The molecule has 1 aliphatic carbocycles. The van der Waals surface area contributed by atoms with Crippen molar-refractivity contribution >= 4 is 0 Å². The van der Waals surface area contributed by atoms with Crippen molar-refractivity contribution in [2.75, 3.05) is 0 Å². The quantitative estimate of drug-likeness (QED) is 0.876. The fourth-order valence-corrected chi connectivity index (χ4v) is 2.43. The molecule has 3 rings (SSSR count). The van der Waals surface area contributed by atoms with Gasteiger partial charge < -0.3 is 9.63 Å². The number of aliphatic hydroxyl groups is 1. The monoisotopic (exact) mass is 245 g/mol. The molecule has 5 heteroatoms. The number of hydrogen-bond acceptors (Lipinski definition) is 5. The highest BCUT2D eigenvalue weighted by Gasteiger charge is 2.31. The fourth-order valence-electron chi connectivity index (χ4n) is 2.43. The summed E-state index contributed by atoms with van der Waals surface area (Å²) in [4.78, 5) is 8.63. The largest absolute Gasteiger partial charge is 0.392 e. The maximum atomic E-state index is 9.83. The van der Waals surface area contributed by atoms with Gasteiger partial charge in [0.05, 0.1) is 12.0 Å². The molecular formula is C13H15N3O2. The SMILES string of the molecule is Cc1cccnc1-c1noc(C2CCCC2O)n1. The van der Waals surface area contributed by atoms with E-state index in [1.807, 2.05) is 19.1 Å². The third-order valence-electron chi connectivity index (χ3n) is 3.46. The normalized spacial score (nSPS) is 23.4. The van der Waals surface area contributed by atoms with E-state index >= 15 is 0 Å². The minimum Gasteiger partial charge on any atom is -0.392 e. The molecule has 2 unspecified atom stereocenters. The summed E-state index contributed by atoms with van der Waals surface area (Å²) < 4.78 is 5.27. The van der Waals surface area contributed by atoms with Gasteiger partial charge in [-0.2, -0.15) is 4.98 Å². The van der Waals surface area contributed by atoms with Gasteiger partial charge in [-0.25, -0.2) is 0 Å². The molecule has 2 heterocycles. The van der Waals surface area contributed by atoms with Crippen molar-refractivity contribution in [1.29, 1.82) is 0 Å². The molecule has 0 spiro atoms.